The van der Waals surface area contributed by atoms with Crippen molar-refractivity contribution in [3.8, 4) is 0 Å². The SMILES string of the molecule is Clc1cnc(NCCc2ccccn2)c(Br)c1. The minimum Gasteiger partial charge on any atom is -0.369 e. The quantitative estimate of drug-likeness (QED) is 0.938. The van der Waals surface area contributed by atoms with E-state index < -0.39 is 0 Å². The van der Waals surface area contributed by atoms with Gasteiger partial charge < -0.3 is 5.32 Å². The molecule has 0 aromatic carbocycles. The van der Waals surface area contributed by atoms with E-state index in [1.165, 1.54) is 0 Å². The predicted molar refractivity (Wildman–Crippen MR) is 73.4 cm³/mol. The molecule has 3 nitrogen and oxygen atoms in total. The van der Waals surface area contributed by atoms with Crippen LogP contribution < -0.4 is 5.32 Å². The lowest BCUT2D eigenvalue weighted by Crippen LogP contribution is -2.07. The van der Waals surface area contributed by atoms with E-state index in [1.807, 2.05) is 24.3 Å². The minimum absolute atomic E-state index is 0.618. The lowest BCUT2D eigenvalue weighted by atomic mass is 10.3. The van der Waals surface area contributed by atoms with Gasteiger partial charge in [0, 0.05) is 31.1 Å². The van der Waals surface area contributed by atoms with Crippen molar-refractivity contribution < 1.29 is 0 Å². The highest BCUT2D eigenvalue weighted by Gasteiger charge is 2.01. The maximum Gasteiger partial charge on any atom is 0.140 e. The summed E-state index contributed by atoms with van der Waals surface area (Å²) in [5.41, 5.74) is 1.06. The zero-order valence-electron chi connectivity index (χ0n) is 9.03. The van der Waals surface area contributed by atoms with Crippen LogP contribution in [0.4, 0.5) is 5.82 Å². The number of rotatable bonds is 4. The molecule has 0 aliphatic carbocycles. The maximum absolute atomic E-state index is 5.82. The Balaban J connectivity index is 1.90. The lowest BCUT2D eigenvalue weighted by molar-refractivity contribution is 0.952. The Hall–Kier alpha value is -1.13. The molecule has 0 amide bonds. The summed E-state index contributed by atoms with van der Waals surface area (Å²) in [5.74, 6) is 0.797. The molecule has 0 radical (unpaired) electrons. The number of nitrogens with one attached hydrogen (secondary N) is 1. The zero-order valence-corrected chi connectivity index (χ0v) is 11.4. The summed E-state index contributed by atoms with van der Waals surface area (Å²) in [5, 5.41) is 3.85. The summed E-state index contributed by atoms with van der Waals surface area (Å²) in [7, 11) is 0. The standard InChI is InChI=1S/C12H11BrClN3/c13-11-7-9(14)8-17-12(11)16-6-4-10-3-1-2-5-15-10/h1-3,5,7-8H,4,6H2,(H,16,17). The van der Waals surface area contributed by atoms with Gasteiger partial charge in [-0.15, -0.1) is 0 Å². The molecule has 5 heteroatoms. The normalized spacial score (nSPS) is 10.2. The Morgan fingerprint density at radius 1 is 1.29 bits per heavy atom. The highest BCUT2D eigenvalue weighted by atomic mass is 79.9. The van der Waals surface area contributed by atoms with Crippen LogP contribution in [0.25, 0.3) is 0 Å². The number of aromatic nitrogens is 2. The third-order valence-corrected chi connectivity index (χ3v) is 3.02. The van der Waals surface area contributed by atoms with Crippen LogP contribution in [0.3, 0.4) is 0 Å². The van der Waals surface area contributed by atoms with Gasteiger partial charge in [0.05, 0.1) is 9.50 Å². The van der Waals surface area contributed by atoms with Crippen LogP contribution in [0.2, 0.25) is 5.02 Å². The average Bonchev–Trinajstić information content (AvgIpc) is 2.33. The minimum atomic E-state index is 0.618. The van der Waals surface area contributed by atoms with Crippen molar-refractivity contribution in [2.24, 2.45) is 0 Å². The summed E-state index contributed by atoms with van der Waals surface area (Å²) in [6.07, 6.45) is 4.28. The fraction of sp³-hybridized carbons (Fsp3) is 0.167. The van der Waals surface area contributed by atoms with Crippen LogP contribution in [0.5, 0.6) is 0 Å². The number of pyridine rings is 2. The van der Waals surface area contributed by atoms with Gasteiger partial charge >= 0.3 is 0 Å². The Morgan fingerprint density at radius 2 is 2.18 bits per heavy atom. The molecule has 1 N–H and O–H groups in total. The van der Waals surface area contributed by atoms with Crippen LogP contribution in [0.1, 0.15) is 5.69 Å². The topological polar surface area (TPSA) is 37.8 Å². The summed E-state index contributed by atoms with van der Waals surface area (Å²) in [6, 6.07) is 7.72. The van der Waals surface area contributed by atoms with Crippen molar-refractivity contribution in [2.45, 2.75) is 6.42 Å². The first kappa shape index (κ1) is 12.3. The third-order valence-electron chi connectivity index (χ3n) is 2.21. The first-order valence-electron chi connectivity index (χ1n) is 5.20. The largest absolute Gasteiger partial charge is 0.369 e. The van der Waals surface area contributed by atoms with Crippen molar-refractivity contribution >= 4 is 33.3 Å². The summed E-state index contributed by atoms with van der Waals surface area (Å²) in [6.45, 7) is 0.782. The van der Waals surface area contributed by atoms with E-state index in [0.717, 1.165) is 29.0 Å². The fourth-order valence-corrected chi connectivity index (χ4v) is 2.18. The van der Waals surface area contributed by atoms with Gasteiger partial charge in [0.1, 0.15) is 5.82 Å². The summed E-state index contributed by atoms with van der Waals surface area (Å²) >= 11 is 9.23. The zero-order chi connectivity index (χ0) is 12.1. The molecule has 0 aliphatic heterocycles. The third kappa shape index (κ3) is 3.68. The van der Waals surface area contributed by atoms with Gasteiger partial charge in [0.2, 0.25) is 0 Å². The van der Waals surface area contributed by atoms with Crippen molar-refractivity contribution in [3.05, 3.63) is 51.8 Å². The number of nitrogens with zero attached hydrogens (tertiary/aromatic N) is 2. The number of anilines is 1. The molecular weight excluding hydrogens is 302 g/mol. The van der Waals surface area contributed by atoms with Crippen LogP contribution in [-0.4, -0.2) is 16.5 Å². The first-order chi connectivity index (χ1) is 8.25. The van der Waals surface area contributed by atoms with Gasteiger partial charge in [-0.1, -0.05) is 17.7 Å². The van der Waals surface area contributed by atoms with E-state index >= 15 is 0 Å². The number of halogens is 2. The molecule has 0 atom stereocenters. The fourth-order valence-electron chi connectivity index (χ4n) is 1.40. The van der Waals surface area contributed by atoms with Gasteiger partial charge in [-0.25, -0.2) is 4.98 Å². The van der Waals surface area contributed by atoms with Gasteiger partial charge in [0.25, 0.3) is 0 Å². The van der Waals surface area contributed by atoms with E-state index in [4.69, 9.17) is 11.6 Å². The monoisotopic (exact) mass is 311 g/mol. The van der Waals surface area contributed by atoms with E-state index in [9.17, 15) is 0 Å². The second-order valence-electron chi connectivity index (χ2n) is 3.48. The Morgan fingerprint density at radius 3 is 2.88 bits per heavy atom. The second kappa shape index (κ2) is 5.98. The molecule has 0 fully saturated rings. The predicted octanol–water partition coefficient (Wildman–Crippen LogP) is 3.55. The van der Waals surface area contributed by atoms with Crippen LogP contribution in [0.15, 0.2) is 41.1 Å². The molecule has 2 rings (SSSR count). The highest BCUT2D eigenvalue weighted by Crippen LogP contribution is 2.22. The summed E-state index contributed by atoms with van der Waals surface area (Å²) < 4.78 is 0.867. The molecule has 88 valence electrons. The molecule has 0 saturated heterocycles. The summed E-state index contributed by atoms with van der Waals surface area (Å²) in [4.78, 5) is 8.45. The van der Waals surface area contributed by atoms with Crippen molar-refractivity contribution in [1.82, 2.24) is 9.97 Å². The molecule has 0 unspecified atom stereocenters. The molecule has 2 aromatic heterocycles. The Kier molecular flexibility index (Phi) is 4.34. The van der Waals surface area contributed by atoms with E-state index in [-0.39, 0.29) is 0 Å². The van der Waals surface area contributed by atoms with Crippen molar-refractivity contribution in [1.29, 1.82) is 0 Å². The molecule has 2 heterocycles. The molecule has 2 aromatic rings. The number of hydrogen-bond donors (Lipinski definition) is 1. The molecule has 17 heavy (non-hydrogen) atoms. The second-order valence-corrected chi connectivity index (χ2v) is 4.77. The van der Waals surface area contributed by atoms with E-state index in [1.54, 1.807) is 12.4 Å². The van der Waals surface area contributed by atoms with Gasteiger partial charge in [0.15, 0.2) is 0 Å². The van der Waals surface area contributed by atoms with Crippen LogP contribution in [0, 0.1) is 0 Å². The first-order valence-corrected chi connectivity index (χ1v) is 6.37. The molecule has 0 spiro atoms. The maximum atomic E-state index is 5.82. The highest BCUT2D eigenvalue weighted by molar-refractivity contribution is 9.10. The molecule has 0 aliphatic rings. The average molecular weight is 313 g/mol. The van der Waals surface area contributed by atoms with Crippen LogP contribution >= 0.6 is 27.5 Å². The molecule has 0 saturated carbocycles. The Labute approximate surface area is 113 Å². The van der Waals surface area contributed by atoms with Gasteiger partial charge in [-0.2, -0.15) is 0 Å². The van der Waals surface area contributed by atoms with Gasteiger partial charge in [-0.05, 0) is 34.1 Å². The van der Waals surface area contributed by atoms with Crippen molar-refractivity contribution in [3.63, 3.8) is 0 Å². The Bertz CT molecular complexity index is 490. The number of hydrogen-bond acceptors (Lipinski definition) is 3. The van der Waals surface area contributed by atoms with E-state index in [0.29, 0.717) is 5.02 Å². The lowest BCUT2D eigenvalue weighted by Gasteiger charge is -2.07. The van der Waals surface area contributed by atoms with Gasteiger partial charge in [-0.3, -0.25) is 4.98 Å². The van der Waals surface area contributed by atoms with E-state index in [2.05, 4.69) is 31.2 Å². The van der Waals surface area contributed by atoms with Crippen molar-refractivity contribution in [2.75, 3.05) is 11.9 Å². The molecule has 0 bridgehead atoms. The van der Waals surface area contributed by atoms with Crippen LogP contribution in [-0.2, 0) is 6.42 Å². The molecular formula is C12H11BrClN3. The smallest absolute Gasteiger partial charge is 0.140 e.